The molecule has 3 aromatic carbocycles. The maximum absolute atomic E-state index is 13.7. The predicted molar refractivity (Wildman–Crippen MR) is 158 cm³/mol. The number of anilines is 1. The summed E-state index contributed by atoms with van der Waals surface area (Å²) in [4.78, 5) is 28.2. The third-order valence-corrected chi connectivity index (χ3v) is 8.10. The number of amides is 2. The Morgan fingerprint density at radius 2 is 1.54 bits per heavy atom. The van der Waals surface area contributed by atoms with Crippen LogP contribution in [-0.2, 0) is 32.6 Å². The van der Waals surface area contributed by atoms with Gasteiger partial charge in [-0.15, -0.1) is 0 Å². The maximum Gasteiger partial charge on any atom is 0.242 e. The highest BCUT2D eigenvalue weighted by molar-refractivity contribution is 7.92. The second kappa shape index (κ2) is 14.0. The van der Waals surface area contributed by atoms with E-state index in [1.807, 2.05) is 30.3 Å². The van der Waals surface area contributed by atoms with Crippen molar-refractivity contribution in [1.82, 2.24) is 10.2 Å². The summed E-state index contributed by atoms with van der Waals surface area (Å²) in [5, 5.41) is 3.79. The summed E-state index contributed by atoms with van der Waals surface area (Å²) in [7, 11) is -2.18. The van der Waals surface area contributed by atoms with Crippen molar-refractivity contribution >= 4 is 62.3 Å². The average molecular weight is 611 g/mol. The number of sulfonamides is 1. The van der Waals surface area contributed by atoms with E-state index in [0.717, 1.165) is 21.7 Å². The lowest BCUT2D eigenvalue weighted by Gasteiger charge is -2.31. The molecule has 1 atom stereocenters. The SMILES string of the molecule is CNC(=O)C(Cc1ccccc1)N(Cc1ccc(Cl)cc1)C(=O)CCCN(c1cc(Cl)ccc1Cl)S(C)(=O)=O. The van der Waals surface area contributed by atoms with Crippen LogP contribution in [0, 0.1) is 0 Å². The van der Waals surface area contributed by atoms with Crippen LogP contribution >= 0.6 is 34.8 Å². The highest BCUT2D eigenvalue weighted by Gasteiger charge is 2.30. The van der Waals surface area contributed by atoms with E-state index in [4.69, 9.17) is 34.8 Å². The number of hydrogen-bond donors (Lipinski definition) is 1. The van der Waals surface area contributed by atoms with Gasteiger partial charge < -0.3 is 10.2 Å². The van der Waals surface area contributed by atoms with Gasteiger partial charge >= 0.3 is 0 Å². The number of carbonyl (C=O) groups is 2. The van der Waals surface area contributed by atoms with Gasteiger partial charge in [-0.3, -0.25) is 13.9 Å². The number of rotatable bonds is 12. The molecule has 0 aliphatic heterocycles. The second-order valence-electron chi connectivity index (χ2n) is 9.00. The Hall–Kier alpha value is -2.78. The Bertz CT molecular complexity index is 1390. The molecule has 0 aliphatic rings. The molecule has 3 rings (SSSR count). The van der Waals surface area contributed by atoms with Crippen LogP contribution in [-0.4, -0.2) is 51.0 Å². The number of likely N-dealkylation sites (N-methyl/N-ethyl adjacent to an activating group) is 1. The summed E-state index contributed by atoms with van der Waals surface area (Å²) in [6, 6.07) is 20.3. The van der Waals surface area contributed by atoms with Gasteiger partial charge in [0.2, 0.25) is 21.8 Å². The van der Waals surface area contributed by atoms with E-state index in [1.165, 1.54) is 24.1 Å². The summed E-state index contributed by atoms with van der Waals surface area (Å²) in [6.07, 6.45) is 1.57. The van der Waals surface area contributed by atoms with E-state index in [2.05, 4.69) is 5.32 Å². The third-order valence-electron chi connectivity index (χ3n) is 6.11. The number of hydrogen-bond acceptors (Lipinski definition) is 4. The zero-order chi connectivity index (χ0) is 28.6. The Kier molecular flexibility index (Phi) is 11.1. The standard InChI is InChI=1S/C28H30Cl3N3O4S/c1-32-28(36)26(17-20-7-4-3-5-8-20)33(19-21-10-12-22(29)13-11-21)27(35)9-6-16-34(39(2,37)38)25-18-23(30)14-15-24(25)31/h3-5,7-8,10-15,18,26H,6,9,16-17,19H2,1-2H3,(H,32,36). The van der Waals surface area contributed by atoms with Crippen LogP contribution < -0.4 is 9.62 Å². The minimum absolute atomic E-state index is 0.0000779. The second-order valence-corrected chi connectivity index (χ2v) is 12.2. The topological polar surface area (TPSA) is 86.8 Å². The molecule has 2 amide bonds. The molecular formula is C28H30Cl3N3O4S. The Morgan fingerprint density at radius 3 is 2.15 bits per heavy atom. The van der Waals surface area contributed by atoms with Gasteiger partial charge in [-0.2, -0.15) is 0 Å². The van der Waals surface area contributed by atoms with Crippen molar-refractivity contribution in [2.24, 2.45) is 0 Å². The van der Waals surface area contributed by atoms with Crippen molar-refractivity contribution in [1.29, 1.82) is 0 Å². The van der Waals surface area contributed by atoms with Crippen molar-refractivity contribution in [2.75, 3.05) is 24.2 Å². The molecule has 1 unspecified atom stereocenters. The third kappa shape index (κ3) is 8.86. The lowest BCUT2D eigenvalue weighted by Crippen LogP contribution is -2.49. The fraction of sp³-hybridized carbons (Fsp3) is 0.286. The largest absolute Gasteiger partial charge is 0.357 e. The average Bonchev–Trinajstić information content (AvgIpc) is 2.90. The van der Waals surface area contributed by atoms with E-state index in [1.54, 1.807) is 30.3 Å². The Morgan fingerprint density at radius 1 is 0.897 bits per heavy atom. The first-order valence-electron chi connectivity index (χ1n) is 12.2. The Labute approximate surface area is 244 Å². The van der Waals surface area contributed by atoms with Crippen molar-refractivity contribution in [3.63, 3.8) is 0 Å². The lowest BCUT2D eigenvalue weighted by molar-refractivity contribution is -0.141. The van der Waals surface area contributed by atoms with E-state index in [9.17, 15) is 18.0 Å². The molecule has 0 saturated heterocycles. The van der Waals surface area contributed by atoms with E-state index in [0.29, 0.717) is 16.5 Å². The number of nitrogens with zero attached hydrogens (tertiary/aromatic N) is 2. The van der Waals surface area contributed by atoms with Gasteiger partial charge in [-0.25, -0.2) is 8.42 Å². The molecule has 0 saturated carbocycles. The predicted octanol–water partition coefficient (Wildman–Crippen LogP) is 5.58. The van der Waals surface area contributed by atoms with Gasteiger partial charge in [-0.05, 0) is 47.9 Å². The molecule has 0 fully saturated rings. The molecule has 0 radical (unpaired) electrons. The van der Waals surface area contributed by atoms with E-state index < -0.39 is 16.1 Å². The van der Waals surface area contributed by atoms with Crippen molar-refractivity contribution in [3.05, 3.63) is 99.0 Å². The van der Waals surface area contributed by atoms with Crippen LogP contribution in [0.15, 0.2) is 72.8 Å². The number of halogens is 3. The smallest absolute Gasteiger partial charge is 0.242 e. The minimum Gasteiger partial charge on any atom is -0.357 e. The van der Waals surface area contributed by atoms with E-state index >= 15 is 0 Å². The maximum atomic E-state index is 13.7. The number of benzene rings is 3. The first kappa shape index (κ1) is 30.8. The van der Waals surface area contributed by atoms with Crippen LogP contribution in [0.25, 0.3) is 0 Å². The molecule has 1 N–H and O–H groups in total. The fourth-order valence-corrected chi connectivity index (χ4v) is 5.70. The minimum atomic E-state index is -3.71. The first-order valence-corrected chi connectivity index (χ1v) is 15.2. The summed E-state index contributed by atoms with van der Waals surface area (Å²) in [6.45, 7) is 0.180. The molecule has 208 valence electrons. The van der Waals surface area contributed by atoms with Crippen molar-refractivity contribution in [2.45, 2.75) is 31.8 Å². The zero-order valence-corrected chi connectivity index (χ0v) is 24.7. The van der Waals surface area contributed by atoms with Crippen LogP contribution in [0.4, 0.5) is 5.69 Å². The molecule has 0 bridgehead atoms. The van der Waals surface area contributed by atoms with Crippen LogP contribution in [0.1, 0.15) is 24.0 Å². The molecule has 39 heavy (non-hydrogen) atoms. The summed E-state index contributed by atoms with van der Waals surface area (Å²) >= 11 is 18.4. The summed E-state index contributed by atoms with van der Waals surface area (Å²) in [5.74, 6) is -0.593. The molecule has 0 aliphatic carbocycles. The number of nitrogens with one attached hydrogen (secondary N) is 1. The normalized spacial score (nSPS) is 12.0. The van der Waals surface area contributed by atoms with Crippen LogP contribution in [0.2, 0.25) is 15.1 Å². The molecule has 0 spiro atoms. The van der Waals surface area contributed by atoms with Crippen molar-refractivity contribution < 1.29 is 18.0 Å². The van der Waals surface area contributed by atoms with Gasteiger partial charge in [0.05, 0.1) is 17.0 Å². The molecule has 0 aromatic heterocycles. The molecule has 0 heterocycles. The van der Waals surface area contributed by atoms with Gasteiger partial charge in [0.1, 0.15) is 6.04 Å². The fourth-order valence-electron chi connectivity index (χ4n) is 4.17. The monoisotopic (exact) mass is 609 g/mol. The Balaban J connectivity index is 1.86. The summed E-state index contributed by atoms with van der Waals surface area (Å²) in [5.41, 5.74) is 1.95. The molecule has 3 aromatic rings. The van der Waals surface area contributed by atoms with Crippen molar-refractivity contribution in [3.8, 4) is 0 Å². The molecule has 7 nitrogen and oxygen atoms in total. The van der Waals surface area contributed by atoms with Crippen LogP contribution in [0.5, 0.6) is 0 Å². The zero-order valence-electron chi connectivity index (χ0n) is 21.6. The van der Waals surface area contributed by atoms with Gasteiger partial charge in [0.15, 0.2) is 0 Å². The van der Waals surface area contributed by atoms with Gasteiger partial charge in [0, 0.05) is 43.0 Å². The van der Waals surface area contributed by atoms with Gasteiger partial charge in [-0.1, -0.05) is 77.3 Å². The quantitative estimate of drug-likeness (QED) is 0.290. The first-order chi connectivity index (χ1) is 18.5. The van der Waals surface area contributed by atoms with E-state index in [-0.39, 0.29) is 48.5 Å². The highest BCUT2D eigenvalue weighted by Crippen LogP contribution is 2.31. The van der Waals surface area contributed by atoms with Crippen LogP contribution in [0.3, 0.4) is 0 Å². The van der Waals surface area contributed by atoms with Gasteiger partial charge in [0.25, 0.3) is 0 Å². The lowest BCUT2D eigenvalue weighted by atomic mass is 10.0. The summed E-state index contributed by atoms with van der Waals surface area (Å²) < 4.78 is 26.3. The highest BCUT2D eigenvalue weighted by atomic mass is 35.5. The molecular weight excluding hydrogens is 581 g/mol. The molecule has 11 heteroatoms. The number of carbonyl (C=O) groups excluding carboxylic acids is 2.